The van der Waals surface area contributed by atoms with Crippen molar-refractivity contribution in [3.8, 4) is 11.5 Å². The molecule has 4 nitrogen and oxygen atoms in total. The van der Waals surface area contributed by atoms with Gasteiger partial charge in [0.25, 0.3) is 0 Å². The van der Waals surface area contributed by atoms with E-state index in [-0.39, 0.29) is 6.04 Å². The summed E-state index contributed by atoms with van der Waals surface area (Å²) in [4.78, 5) is 4.37. The zero-order valence-electron chi connectivity index (χ0n) is 10.8. The van der Waals surface area contributed by atoms with E-state index < -0.39 is 0 Å². The average molecular weight is 256 g/mol. The average Bonchev–Trinajstić information content (AvgIpc) is 2.46. The van der Waals surface area contributed by atoms with Crippen molar-refractivity contribution in [2.24, 2.45) is 5.73 Å². The number of aromatic nitrogens is 1. The molecule has 1 unspecified atom stereocenters. The molecule has 0 amide bonds. The SMILES string of the molecule is Cc1cccnc1C(N)c1ccc2c(c1)OCCO2. The molecule has 0 radical (unpaired) electrons. The number of nitrogens with zero attached hydrogens (tertiary/aromatic N) is 1. The molecule has 1 aliphatic rings. The van der Waals surface area contributed by atoms with Crippen LogP contribution in [0.5, 0.6) is 11.5 Å². The van der Waals surface area contributed by atoms with E-state index in [4.69, 9.17) is 15.2 Å². The largest absolute Gasteiger partial charge is 0.486 e. The highest BCUT2D eigenvalue weighted by Crippen LogP contribution is 2.33. The van der Waals surface area contributed by atoms with Crippen molar-refractivity contribution >= 4 is 0 Å². The standard InChI is InChI=1S/C15H16N2O2/c1-10-3-2-6-17-15(10)14(16)11-4-5-12-13(9-11)19-8-7-18-12/h2-6,9,14H,7-8,16H2,1H3. The summed E-state index contributed by atoms with van der Waals surface area (Å²) in [7, 11) is 0. The van der Waals surface area contributed by atoms with Crippen molar-refractivity contribution in [1.29, 1.82) is 0 Å². The van der Waals surface area contributed by atoms with Gasteiger partial charge in [0.1, 0.15) is 13.2 Å². The molecule has 0 aliphatic carbocycles. The maximum absolute atomic E-state index is 6.29. The Hall–Kier alpha value is -2.07. The van der Waals surface area contributed by atoms with Gasteiger partial charge in [-0.25, -0.2) is 0 Å². The van der Waals surface area contributed by atoms with Gasteiger partial charge in [-0.3, -0.25) is 4.98 Å². The lowest BCUT2D eigenvalue weighted by Gasteiger charge is -2.21. The molecule has 98 valence electrons. The minimum absolute atomic E-state index is 0.253. The Balaban J connectivity index is 1.96. The predicted octanol–water partition coefficient (Wildman–Crippen LogP) is 2.21. The molecule has 0 saturated heterocycles. The number of benzene rings is 1. The second-order valence-corrected chi connectivity index (χ2v) is 4.59. The molecule has 2 aromatic rings. The fraction of sp³-hybridized carbons (Fsp3) is 0.267. The van der Waals surface area contributed by atoms with E-state index in [1.807, 2.05) is 37.3 Å². The maximum Gasteiger partial charge on any atom is 0.161 e. The molecule has 0 bridgehead atoms. The van der Waals surface area contributed by atoms with E-state index >= 15 is 0 Å². The van der Waals surface area contributed by atoms with Crippen LogP contribution in [0.1, 0.15) is 22.9 Å². The van der Waals surface area contributed by atoms with Crippen LogP contribution in [0, 0.1) is 6.92 Å². The Morgan fingerprint density at radius 1 is 1.16 bits per heavy atom. The van der Waals surface area contributed by atoms with Crippen LogP contribution in [-0.2, 0) is 0 Å². The van der Waals surface area contributed by atoms with Crippen LogP contribution in [0.3, 0.4) is 0 Å². The normalized spacial score (nSPS) is 15.1. The molecule has 1 aliphatic heterocycles. The number of nitrogens with two attached hydrogens (primary N) is 1. The number of ether oxygens (including phenoxy) is 2. The molecule has 3 rings (SSSR count). The molecular weight excluding hydrogens is 240 g/mol. The summed E-state index contributed by atoms with van der Waals surface area (Å²) in [6.45, 7) is 3.19. The maximum atomic E-state index is 6.29. The van der Waals surface area contributed by atoms with Gasteiger partial charge in [-0.1, -0.05) is 12.1 Å². The first-order valence-corrected chi connectivity index (χ1v) is 6.32. The van der Waals surface area contributed by atoms with E-state index in [0.717, 1.165) is 28.3 Å². The number of pyridine rings is 1. The molecule has 1 aromatic carbocycles. The third kappa shape index (κ3) is 2.27. The van der Waals surface area contributed by atoms with Crippen LogP contribution < -0.4 is 15.2 Å². The first-order chi connectivity index (χ1) is 9.25. The topological polar surface area (TPSA) is 57.4 Å². The van der Waals surface area contributed by atoms with Crippen LogP contribution in [-0.4, -0.2) is 18.2 Å². The van der Waals surface area contributed by atoms with Gasteiger partial charge in [-0.2, -0.15) is 0 Å². The first kappa shape index (κ1) is 12.0. The van der Waals surface area contributed by atoms with Crippen molar-refractivity contribution in [1.82, 2.24) is 4.98 Å². The van der Waals surface area contributed by atoms with Crippen LogP contribution in [0.4, 0.5) is 0 Å². The smallest absolute Gasteiger partial charge is 0.161 e. The monoisotopic (exact) mass is 256 g/mol. The molecular formula is C15H16N2O2. The van der Waals surface area contributed by atoms with Gasteiger partial charge in [-0.05, 0) is 36.2 Å². The van der Waals surface area contributed by atoms with Crippen LogP contribution in [0.15, 0.2) is 36.5 Å². The van der Waals surface area contributed by atoms with E-state index in [1.165, 1.54) is 0 Å². The Kier molecular flexibility index (Phi) is 3.09. The zero-order valence-corrected chi connectivity index (χ0v) is 10.8. The highest BCUT2D eigenvalue weighted by Gasteiger charge is 2.17. The van der Waals surface area contributed by atoms with Crippen molar-refractivity contribution in [3.05, 3.63) is 53.3 Å². The summed E-state index contributed by atoms with van der Waals surface area (Å²) in [5.41, 5.74) is 9.25. The summed E-state index contributed by atoms with van der Waals surface area (Å²) in [5, 5.41) is 0. The number of aryl methyl sites for hydroxylation is 1. The molecule has 1 atom stereocenters. The Morgan fingerprint density at radius 3 is 2.74 bits per heavy atom. The summed E-state index contributed by atoms with van der Waals surface area (Å²) in [5.74, 6) is 1.53. The van der Waals surface area contributed by atoms with Crippen molar-refractivity contribution in [3.63, 3.8) is 0 Å². The highest BCUT2D eigenvalue weighted by atomic mass is 16.6. The lowest BCUT2D eigenvalue weighted by molar-refractivity contribution is 0.171. The molecule has 2 heterocycles. The van der Waals surface area contributed by atoms with Crippen LogP contribution in [0.2, 0.25) is 0 Å². The van der Waals surface area contributed by atoms with E-state index in [0.29, 0.717) is 13.2 Å². The minimum atomic E-state index is -0.253. The van der Waals surface area contributed by atoms with Gasteiger partial charge in [0.05, 0.1) is 11.7 Å². The summed E-state index contributed by atoms with van der Waals surface area (Å²) < 4.78 is 11.1. The van der Waals surface area contributed by atoms with Crippen molar-refractivity contribution in [2.45, 2.75) is 13.0 Å². The molecule has 2 N–H and O–H groups in total. The van der Waals surface area contributed by atoms with Gasteiger partial charge >= 0.3 is 0 Å². The summed E-state index contributed by atoms with van der Waals surface area (Å²) in [6, 6.07) is 9.48. The van der Waals surface area contributed by atoms with Crippen LogP contribution in [0.25, 0.3) is 0 Å². The highest BCUT2D eigenvalue weighted by molar-refractivity contribution is 5.46. The van der Waals surface area contributed by atoms with E-state index in [9.17, 15) is 0 Å². The number of rotatable bonds is 2. The molecule has 4 heteroatoms. The third-order valence-corrected chi connectivity index (χ3v) is 3.27. The fourth-order valence-electron chi connectivity index (χ4n) is 2.23. The summed E-state index contributed by atoms with van der Waals surface area (Å²) in [6.07, 6.45) is 1.76. The zero-order chi connectivity index (χ0) is 13.2. The molecule has 0 saturated carbocycles. The van der Waals surface area contributed by atoms with E-state index in [2.05, 4.69) is 4.98 Å². The predicted molar refractivity (Wildman–Crippen MR) is 72.4 cm³/mol. The van der Waals surface area contributed by atoms with Gasteiger partial charge < -0.3 is 15.2 Å². The Morgan fingerprint density at radius 2 is 1.95 bits per heavy atom. The van der Waals surface area contributed by atoms with E-state index in [1.54, 1.807) is 6.20 Å². The Bertz CT molecular complexity index is 598. The number of hydrogen-bond donors (Lipinski definition) is 1. The third-order valence-electron chi connectivity index (χ3n) is 3.27. The number of hydrogen-bond acceptors (Lipinski definition) is 4. The molecule has 0 fully saturated rings. The van der Waals surface area contributed by atoms with Crippen molar-refractivity contribution < 1.29 is 9.47 Å². The first-order valence-electron chi connectivity index (χ1n) is 6.32. The molecule has 19 heavy (non-hydrogen) atoms. The minimum Gasteiger partial charge on any atom is -0.486 e. The number of fused-ring (bicyclic) bond motifs is 1. The van der Waals surface area contributed by atoms with Crippen molar-refractivity contribution in [2.75, 3.05) is 13.2 Å². The lowest BCUT2D eigenvalue weighted by atomic mass is 10.0. The fourth-order valence-corrected chi connectivity index (χ4v) is 2.23. The van der Waals surface area contributed by atoms with Gasteiger partial charge in [0.2, 0.25) is 0 Å². The summed E-state index contributed by atoms with van der Waals surface area (Å²) >= 11 is 0. The van der Waals surface area contributed by atoms with Gasteiger partial charge in [-0.15, -0.1) is 0 Å². The quantitative estimate of drug-likeness (QED) is 0.895. The lowest BCUT2D eigenvalue weighted by Crippen LogP contribution is -2.18. The van der Waals surface area contributed by atoms with Gasteiger partial charge in [0.15, 0.2) is 11.5 Å². The van der Waals surface area contributed by atoms with Gasteiger partial charge in [0, 0.05) is 6.20 Å². The molecule has 1 aromatic heterocycles. The second-order valence-electron chi connectivity index (χ2n) is 4.59. The second kappa shape index (κ2) is 4.90. The molecule has 0 spiro atoms. The van der Waals surface area contributed by atoms with Crippen LogP contribution >= 0.6 is 0 Å². The Labute approximate surface area is 112 Å².